The van der Waals surface area contributed by atoms with Crippen molar-refractivity contribution in [2.75, 3.05) is 37.7 Å². The summed E-state index contributed by atoms with van der Waals surface area (Å²) in [5.41, 5.74) is 3.89. The average molecular weight is 582 g/mol. The minimum Gasteiger partial charge on any atom is -0.489 e. The Morgan fingerprint density at radius 3 is 2.77 bits per heavy atom. The monoisotopic (exact) mass is 581 g/mol. The Balaban J connectivity index is 0.885. The topological polar surface area (TPSA) is 104 Å². The van der Waals surface area contributed by atoms with E-state index < -0.39 is 11.9 Å². The molecule has 43 heavy (non-hydrogen) atoms. The number of rotatable bonds is 6. The SMILES string of the molecule is O=C1CCC(N2Cc3cc(O[C@H]4CCN(Cc5ccc6nc(N7CC[C@]78CCOC8)ccc6c5)C4)ccc3C2=O)C(=O)N1. The van der Waals surface area contributed by atoms with E-state index >= 15 is 0 Å². The highest BCUT2D eigenvalue weighted by molar-refractivity contribution is 6.05. The van der Waals surface area contributed by atoms with E-state index in [-0.39, 0.29) is 29.9 Å². The van der Waals surface area contributed by atoms with Crippen LogP contribution in [-0.4, -0.2) is 83.0 Å². The Labute approximate surface area is 249 Å². The number of likely N-dealkylation sites (tertiary alicyclic amines) is 1. The van der Waals surface area contributed by atoms with Crippen molar-refractivity contribution in [2.45, 2.75) is 62.9 Å². The molecule has 4 fully saturated rings. The Morgan fingerprint density at radius 1 is 1.02 bits per heavy atom. The summed E-state index contributed by atoms with van der Waals surface area (Å²) in [5, 5.41) is 3.51. The van der Waals surface area contributed by atoms with Gasteiger partial charge in [0.05, 0.1) is 17.7 Å². The first-order valence-electron chi connectivity index (χ1n) is 15.4. The van der Waals surface area contributed by atoms with Crippen LogP contribution in [0.4, 0.5) is 5.82 Å². The molecule has 3 aromatic rings. The molecule has 0 aliphatic carbocycles. The van der Waals surface area contributed by atoms with E-state index in [0.29, 0.717) is 18.5 Å². The molecule has 0 saturated carbocycles. The van der Waals surface area contributed by atoms with Crippen LogP contribution in [0.5, 0.6) is 5.75 Å². The van der Waals surface area contributed by atoms with Gasteiger partial charge in [-0.05, 0) is 79.3 Å². The van der Waals surface area contributed by atoms with Crippen molar-refractivity contribution in [1.82, 2.24) is 20.1 Å². The third-order valence-electron chi connectivity index (χ3n) is 9.90. The molecule has 6 heterocycles. The molecule has 0 radical (unpaired) electrons. The Kier molecular flexibility index (Phi) is 6.38. The molecule has 4 saturated heterocycles. The van der Waals surface area contributed by atoms with Crippen molar-refractivity contribution in [3.63, 3.8) is 0 Å². The van der Waals surface area contributed by atoms with Gasteiger partial charge in [-0.15, -0.1) is 0 Å². The highest BCUT2D eigenvalue weighted by atomic mass is 16.5. The van der Waals surface area contributed by atoms with Gasteiger partial charge in [0.2, 0.25) is 11.8 Å². The van der Waals surface area contributed by atoms with E-state index in [0.717, 1.165) is 80.3 Å². The first-order valence-corrected chi connectivity index (χ1v) is 15.4. The number of anilines is 1. The van der Waals surface area contributed by atoms with Crippen molar-refractivity contribution < 1.29 is 23.9 Å². The number of pyridine rings is 1. The molecule has 1 aromatic heterocycles. The Morgan fingerprint density at radius 2 is 1.95 bits per heavy atom. The maximum absolute atomic E-state index is 13.0. The van der Waals surface area contributed by atoms with Crippen molar-refractivity contribution >= 4 is 34.4 Å². The van der Waals surface area contributed by atoms with Gasteiger partial charge in [-0.3, -0.25) is 24.6 Å². The lowest BCUT2D eigenvalue weighted by Gasteiger charge is -2.50. The predicted molar refractivity (Wildman–Crippen MR) is 159 cm³/mol. The van der Waals surface area contributed by atoms with Gasteiger partial charge in [0.15, 0.2) is 0 Å². The van der Waals surface area contributed by atoms with Gasteiger partial charge in [0, 0.05) is 56.7 Å². The first kappa shape index (κ1) is 26.6. The number of piperidine rings is 1. The minimum atomic E-state index is -0.613. The van der Waals surface area contributed by atoms with Crippen LogP contribution < -0.4 is 15.0 Å². The molecule has 1 unspecified atom stereocenters. The number of hydrogen-bond acceptors (Lipinski definition) is 8. The van der Waals surface area contributed by atoms with Crippen LogP contribution in [0.15, 0.2) is 48.5 Å². The molecule has 10 nitrogen and oxygen atoms in total. The quantitative estimate of drug-likeness (QED) is 0.443. The largest absolute Gasteiger partial charge is 0.489 e. The summed E-state index contributed by atoms with van der Waals surface area (Å²) >= 11 is 0. The fourth-order valence-corrected chi connectivity index (χ4v) is 7.43. The Bertz CT molecular complexity index is 1640. The summed E-state index contributed by atoms with van der Waals surface area (Å²) in [4.78, 5) is 48.3. The lowest BCUT2D eigenvalue weighted by molar-refractivity contribution is -0.136. The summed E-state index contributed by atoms with van der Waals surface area (Å²) in [6.07, 6.45) is 3.86. The highest BCUT2D eigenvalue weighted by Crippen LogP contribution is 2.41. The van der Waals surface area contributed by atoms with Crippen LogP contribution in [0.25, 0.3) is 10.9 Å². The van der Waals surface area contributed by atoms with Gasteiger partial charge in [-0.25, -0.2) is 4.98 Å². The van der Waals surface area contributed by atoms with Gasteiger partial charge >= 0.3 is 0 Å². The van der Waals surface area contributed by atoms with Crippen LogP contribution >= 0.6 is 0 Å². The van der Waals surface area contributed by atoms with Gasteiger partial charge in [-0.1, -0.05) is 6.07 Å². The molecule has 5 aliphatic rings. The van der Waals surface area contributed by atoms with E-state index in [9.17, 15) is 14.4 Å². The van der Waals surface area contributed by atoms with Crippen LogP contribution in [0.3, 0.4) is 0 Å². The predicted octanol–water partition coefficient (Wildman–Crippen LogP) is 3.02. The van der Waals surface area contributed by atoms with Gasteiger partial charge in [-0.2, -0.15) is 0 Å². The van der Waals surface area contributed by atoms with E-state index in [1.54, 1.807) is 11.0 Å². The molecule has 1 spiro atoms. The van der Waals surface area contributed by atoms with E-state index in [2.05, 4.69) is 45.4 Å². The number of amides is 3. The van der Waals surface area contributed by atoms with Crippen molar-refractivity contribution in [3.05, 3.63) is 65.2 Å². The third kappa shape index (κ3) is 4.73. The zero-order valence-corrected chi connectivity index (χ0v) is 24.1. The molecular formula is C33H35N5O5. The lowest BCUT2D eigenvalue weighted by Crippen LogP contribution is -2.61. The molecule has 8 rings (SSSR count). The van der Waals surface area contributed by atoms with E-state index in [1.807, 2.05) is 12.1 Å². The summed E-state index contributed by atoms with van der Waals surface area (Å²) in [5.74, 6) is 0.943. The molecule has 2 aromatic carbocycles. The molecule has 10 heteroatoms. The fourth-order valence-electron chi connectivity index (χ4n) is 7.43. The van der Waals surface area contributed by atoms with Crippen LogP contribution in [-0.2, 0) is 27.4 Å². The molecule has 222 valence electrons. The zero-order valence-electron chi connectivity index (χ0n) is 24.1. The number of nitrogens with one attached hydrogen (secondary N) is 1. The summed E-state index contributed by atoms with van der Waals surface area (Å²) < 4.78 is 12.1. The average Bonchev–Trinajstić information content (AvgIpc) is 3.73. The van der Waals surface area contributed by atoms with Crippen molar-refractivity contribution in [2.24, 2.45) is 0 Å². The molecular weight excluding hydrogens is 546 g/mol. The number of ether oxygens (including phenoxy) is 2. The number of nitrogens with zero attached hydrogens (tertiary/aromatic N) is 4. The smallest absolute Gasteiger partial charge is 0.255 e. The van der Waals surface area contributed by atoms with Gasteiger partial charge in [0.25, 0.3) is 5.91 Å². The van der Waals surface area contributed by atoms with Crippen LogP contribution in [0, 0.1) is 0 Å². The minimum absolute atomic E-state index is 0.0643. The number of carbonyl (C=O) groups is 3. The van der Waals surface area contributed by atoms with E-state index in [1.165, 1.54) is 12.0 Å². The highest BCUT2D eigenvalue weighted by Gasteiger charge is 2.48. The molecule has 3 amide bonds. The number of aromatic nitrogens is 1. The number of fused-ring (bicyclic) bond motifs is 2. The summed E-state index contributed by atoms with van der Waals surface area (Å²) in [6, 6.07) is 15.9. The second kappa shape index (κ2) is 10.3. The second-order valence-corrected chi connectivity index (χ2v) is 12.6. The first-order chi connectivity index (χ1) is 20.9. The van der Waals surface area contributed by atoms with E-state index in [4.69, 9.17) is 14.5 Å². The van der Waals surface area contributed by atoms with Crippen molar-refractivity contribution in [3.8, 4) is 5.75 Å². The van der Waals surface area contributed by atoms with Gasteiger partial charge < -0.3 is 19.3 Å². The number of benzene rings is 2. The Hall–Kier alpha value is -4.02. The maximum atomic E-state index is 13.0. The normalized spacial score (nSPS) is 27.2. The molecule has 5 aliphatic heterocycles. The molecule has 0 bridgehead atoms. The number of carbonyl (C=O) groups excluding carboxylic acids is 3. The van der Waals surface area contributed by atoms with Crippen LogP contribution in [0.1, 0.15) is 53.6 Å². The summed E-state index contributed by atoms with van der Waals surface area (Å²) in [7, 11) is 0. The summed E-state index contributed by atoms with van der Waals surface area (Å²) in [6.45, 7) is 5.67. The number of hydrogen-bond donors (Lipinski definition) is 1. The molecule has 3 atom stereocenters. The number of imide groups is 1. The third-order valence-corrected chi connectivity index (χ3v) is 9.90. The fraction of sp³-hybridized carbons (Fsp3) is 0.455. The van der Waals surface area contributed by atoms with Crippen molar-refractivity contribution in [1.29, 1.82) is 0 Å². The lowest BCUT2D eigenvalue weighted by atomic mass is 9.84. The van der Waals surface area contributed by atoms with Gasteiger partial charge in [0.1, 0.15) is 23.7 Å². The molecule has 1 N–H and O–H groups in total. The van der Waals surface area contributed by atoms with Crippen LogP contribution in [0.2, 0.25) is 0 Å². The second-order valence-electron chi connectivity index (χ2n) is 12.6. The standard InChI is InChI=1S/C33H35N5O5/c39-30-8-6-28(31(40)35-30)37-18-23-16-24(3-4-26(23)32(37)41)43-25-9-12-36(19-25)17-21-1-5-27-22(15-21)2-7-29(34-27)38-13-10-33(38)11-14-42-20-33/h1-5,7,15-16,25,28H,6,8-14,17-20H2,(H,35,39,40)/t25-,28?,33+/m0/s1. The zero-order chi connectivity index (χ0) is 29.1. The maximum Gasteiger partial charge on any atom is 0.255 e.